The summed E-state index contributed by atoms with van der Waals surface area (Å²) in [6.45, 7) is 7.84. The molecule has 0 bridgehead atoms. The zero-order valence-electron chi connectivity index (χ0n) is 16.7. The van der Waals surface area contributed by atoms with E-state index in [1.165, 1.54) is 11.6 Å². The minimum Gasteiger partial charge on any atom is -0.382 e. The first-order chi connectivity index (χ1) is 13.5. The molecule has 0 spiro atoms. The van der Waals surface area contributed by atoms with Gasteiger partial charge in [0.1, 0.15) is 0 Å². The van der Waals surface area contributed by atoms with Crippen LogP contribution in [-0.4, -0.2) is 31.6 Å². The highest BCUT2D eigenvalue weighted by Gasteiger charge is 2.07. The Morgan fingerprint density at radius 1 is 1.11 bits per heavy atom. The van der Waals surface area contributed by atoms with E-state index in [0.29, 0.717) is 31.0 Å². The molecule has 0 aromatic heterocycles. The molecule has 0 fully saturated rings. The zero-order chi connectivity index (χ0) is 20.4. The van der Waals surface area contributed by atoms with Crippen molar-refractivity contribution in [1.29, 1.82) is 0 Å². The minimum absolute atomic E-state index is 0.168. The van der Waals surface area contributed by atoms with Gasteiger partial charge in [0.15, 0.2) is 0 Å². The third kappa shape index (κ3) is 7.00. The van der Waals surface area contributed by atoms with Crippen molar-refractivity contribution >= 4 is 23.6 Å². The lowest BCUT2D eigenvalue weighted by Gasteiger charge is -2.08. The van der Waals surface area contributed by atoms with E-state index in [1.807, 2.05) is 32.9 Å². The SMILES string of the molecule is CCOCCCNC(=O)c1cccc(NC(=O)C=Cc2ccc(C)cc2C)c1. The van der Waals surface area contributed by atoms with Crippen molar-refractivity contribution in [2.75, 3.05) is 25.1 Å². The standard InChI is InChI=1S/C23H28N2O3/c1-4-28-14-6-13-24-23(27)20-7-5-8-21(16-20)25-22(26)12-11-19-10-9-17(2)15-18(19)3/h5,7-12,15-16H,4,6,13-14H2,1-3H3,(H,24,27)(H,25,26). The van der Waals surface area contributed by atoms with Gasteiger partial charge in [-0.25, -0.2) is 0 Å². The van der Waals surface area contributed by atoms with Gasteiger partial charge in [0, 0.05) is 37.1 Å². The van der Waals surface area contributed by atoms with Crippen LogP contribution in [0.25, 0.3) is 6.08 Å². The number of carbonyl (C=O) groups excluding carboxylic acids is 2. The van der Waals surface area contributed by atoms with Gasteiger partial charge in [-0.2, -0.15) is 0 Å². The van der Waals surface area contributed by atoms with Gasteiger partial charge in [0.2, 0.25) is 5.91 Å². The highest BCUT2D eigenvalue weighted by Crippen LogP contribution is 2.13. The Morgan fingerprint density at radius 2 is 1.93 bits per heavy atom. The summed E-state index contributed by atoms with van der Waals surface area (Å²) in [6, 6.07) is 13.0. The number of carbonyl (C=O) groups is 2. The quantitative estimate of drug-likeness (QED) is 0.508. The molecule has 2 aromatic rings. The minimum atomic E-state index is -0.241. The lowest BCUT2D eigenvalue weighted by molar-refractivity contribution is -0.111. The third-order valence-corrected chi connectivity index (χ3v) is 4.19. The number of hydrogen-bond acceptors (Lipinski definition) is 3. The smallest absolute Gasteiger partial charge is 0.251 e. The molecule has 148 valence electrons. The predicted octanol–water partition coefficient (Wildman–Crippen LogP) is 4.11. The summed E-state index contributed by atoms with van der Waals surface area (Å²) < 4.78 is 5.25. The zero-order valence-corrected chi connectivity index (χ0v) is 16.7. The van der Waals surface area contributed by atoms with Crippen molar-refractivity contribution in [3.63, 3.8) is 0 Å². The van der Waals surface area contributed by atoms with Crippen LogP contribution in [0.4, 0.5) is 5.69 Å². The second-order valence-electron chi connectivity index (χ2n) is 6.57. The molecule has 0 aliphatic carbocycles. The number of anilines is 1. The first kappa shape index (κ1) is 21.4. The van der Waals surface area contributed by atoms with Gasteiger partial charge in [-0.3, -0.25) is 9.59 Å². The molecule has 0 unspecified atom stereocenters. The van der Waals surface area contributed by atoms with Crippen LogP contribution in [0.15, 0.2) is 48.5 Å². The maximum absolute atomic E-state index is 12.2. The molecular weight excluding hydrogens is 352 g/mol. The molecule has 0 saturated carbocycles. The van der Waals surface area contributed by atoms with Crippen LogP contribution in [0.1, 0.15) is 40.4 Å². The van der Waals surface area contributed by atoms with Crippen molar-refractivity contribution in [1.82, 2.24) is 5.32 Å². The van der Waals surface area contributed by atoms with Gasteiger partial charge in [-0.05, 0) is 62.6 Å². The number of aryl methyl sites for hydroxylation is 2. The molecule has 0 atom stereocenters. The van der Waals surface area contributed by atoms with Crippen LogP contribution in [0.3, 0.4) is 0 Å². The fourth-order valence-electron chi connectivity index (χ4n) is 2.72. The Bertz CT molecular complexity index is 843. The summed E-state index contributed by atoms with van der Waals surface area (Å²) >= 11 is 0. The fraction of sp³-hybridized carbons (Fsp3) is 0.304. The van der Waals surface area contributed by atoms with E-state index in [4.69, 9.17) is 4.74 Å². The second-order valence-corrected chi connectivity index (χ2v) is 6.57. The highest BCUT2D eigenvalue weighted by molar-refractivity contribution is 6.03. The molecule has 2 amide bonds. The summed E-state index contributed by atoms with van der Waals surface area (Å²) in [5.41, 5.74) is 4.39. The molecular formula is C23H28N2O3. The van der Waals surface area contributed by atoms with Crippen molar-refractivity contribution in [2.45, 2.75) is 27.2 Å². The van der Waals surface area contributed by atoms with Crippen LogP contribution in [-0.2, 0) is 9.53 Å². The summed E-state index contributed by atoms with van der Waals surface area (Å²) in [4.78, 5) is 24.4. The Kier molecular flexibility index (Phi) is 8.43. The van der Waals surface area contributed by atoms with Crippen LogP contribution < -0.4 is 10.6 Å². The number of nitrogens with one attached hydrogen (secondary N) is 2. The van der Waals surface area contributed by atoms with Gasteiger partial charge >= 0.3 is 0 Å². The van der Waals surface area contributed by atoms with E-state index in [-0.39, 0.29) is 11.8 Å². The number of ether oxygens (including phenoxy) is 1. The van der Waals surface area contributed by atoms with Crippen LogP contribution >= 0.6 is 0 Å². The fourth-order valence-corrected chi connectivity index (χ4v) is 2.72. The maximum Gasteiger partial charge on any atom is 0.251 e. The van der Waals surface area contributed by atoms with Crippen LogP contribution in [0.5, 0.6) is 0 Å². The predicted molar refractivity (Wildman–Crippen MR) is 113 cm³/mol. The largest absolute Gasteiger partial charge is 0.382 e. The topological polar surface area (TPSA) is 67.4 Å². The van der Waals surface area contributed by atoms with Gasteiger partial charge in [0.25, 0.3) is 5.91 Å². The van der Waals surface area contributed by atoms with Gasteiger partial charge in [-0.1, -0.05) is 29.8 Å². The highest BCUT2D eigenvalue weighted by atomic mass is 16.5. The lowest BCUT2D eigenvalue weighted by Crippen LogP contribution is -2.25. The molecule has 2 N–H and O–H groups in total. The molecule has 0 saturated heterocycles. The average Bonchev–Trinajstić information content (AvgIpc) is 2.67. The molecule has 0 radical (unpaired) electrons. The Morgan fingerprint density at radius 3 is 2.68 bits per heavy atom. The van der Waals surface area contributed by atoms with E-state index in [2.05, 4.69) is 16.7 Å². The Labute approximate surface area is 166 Å². The van der Waals surface area contributed by atoms with E-state index in [9.17, 15) is 9.59 Å². The first-order valence-corrected chi connectivity index (χ1v) is 9.52. The Balaban J connectivity index is 1.91. The molecule has 5 heteroatoms. The maximum atomic E-state index is 12.2. The average molecular weight is 380 g/mol. The molecule has 2 aromatic carbocycles. The molecule has 0 aliphatic rings. The normalized spacial score (nSPS) is 10.8. The monoisotopic (exact) mass is 380 g/mol. The van der Waals surface area contributed by atoms with Crippen molar-refractivity contribution in [2.24, 2.45) is 0 Å². The van der Waals surface area contributed by atoms with E-state index >= 15 is 0 Å². The molecule has 0 aliphatic heterocycles. The number of hydrogen-bond donors (Lipinski definition) is 2. The van der Waals surface area contributed by atoms with Gasteiger partial charge in [-0.15, -0.1) is 0 Å². The molecule has 28 heavy (non-hydrogen) atoms. The summed E-state index contributed by atoms with van der Waals surface area (Å²) in [6.07, 6.45) is 4.05. The van der Waals surface area contributed by atoms with E-state index in [1.54, 1.807) is 30.3 Å². The van der Waals surface area contributed by atoms with E-state index in [0.717, 1.165) is 17.5 Å². The third-order valence-electron chi connectivity index (χ3n) is 4.19. The van der Waals surface area contributed by atoms with Crippen LogP contribution in [0.2, 0.25) is 0 Å². The van der Waals surface area contributed by atoms with Gasteiger partial charge in [0.05, 0.1) is 0 Å². The van der Waals surface area contributed by atoms with Gasteiger partial charge < -0.3 is 15.4 Å². The summed E-state index contributed by atoms with van der Waals surface area (Å²) in [5, 5.41) is 5.65. The number of benzene rings is 2. The van der Waals surface area contributed by atoms with Crippen molar-refractivity contribution in [3.05, 3.63) is 70.8 Å². The van der Waals surface area contributed by atoms with E-state index < -0.39 is 0 Å². The number of amides is 2. The number of rotatable bonds is 9. The lowest BCUT2D eigenvalue weighted by atomic mass is 10.1. The Hall–Kier alpha value is -2.92. The summed E-state index contributed by atoms with van der Waals surface area (Å²) in [7, 11) is 0. The van der Waals surface area contributed by atoms with Crippen molar-refractivity contribution < 1.29 is 14.3 Å². The molecule has 2 rings (SSSR count). The second kappa shape index (κ2) is 11.0. The summed E-state index contributed by atoms with van der Waals surface area (Å²) in [5.74, 6) is -0.410. The van der Waals surface area contributed by atoms with Crippen LogP contribution in [0, 0.1) is 13.8 Å². The van der Waals surface area contributed by atoms with Crippen molar-refractivity contribution in [3.8, 4) is 0 Å². The first-order valence-electron chi connectivity index (χ1n) is 9.52. The molecule has 0 heterocycles. The molecule has 5 nitrogen and oxygen atoms in total.